The fourth-order valence-electron chi connectivity index (χ4n) is 1.61. The predicted molar refractivity (Wildman–Crippen MR) is 63.3 cm³/mol. The molecule has 0 radical (unpaired) electrons. The third-order valence-electron chi connectivity index (χ3n) is 2.82. The van der Waals surface area contributed by atoms with Crippen LogP contribution in [0.5, 0.6) is 0 Å². The van der Waals surface area contributed by atoms with Crippen LogP contribution in [0.3, 0.4) is 0 Å². The largest absolute Gasteiger partial charge is 0.420 e. The number of nitrogens with two attached hydrogens (primary N) is 1. The van der Waals surface area contributed by atoms with Crippen molar-refractivity contribution in [2.45, 2.75) is 26.4 Å². The molecule has 0 aliphatic heterocycles. The van der Waals surface area contributed by atoms with Crippen LogP contribution in [-0.2, 0) is 6.54 Å². The van der Waals surface area contributed by atoms with Gasteiger partial charge in [0.25, 0.3) is 0 Å². The van der Waals surface area contributed by atoms with Crippen molar-refractivity contribution in [1.82, 2.24) is 4.57 Å². The monoisotopic (exact) mass is 220 g/mol. The Kier molecular flexibility index (Phi) is 2.83. The van der Waals surface area contributed by atoms with E-state index in [0.29, 0.717) is 18.0 Å². The van der Waals surface area contributed by atoms with Crippen LogP contribution >= 0.6 is 0 Å². The molecule has 0 saturated carbocycles. The van der Waals surface area contributed by atoms with Gasteiger partial charge < -0.3 is 10.2 Å². The molecule has 2 aromatic rings. The molecule has 2 N–H and O–H groups in total. The number of para-hydroxylation sites is 2. The Hall–Kier alpha value is -1.55. The van der Waals surface area contributed by atoms with E-state index in [-0.39, 0.29) is 11.8 Å². The molecule has 0 aliphatic carbocycles. The summed E-state index contributed by atoms with van der Waals surface area (Å²) in [5.41, 5.74) is 7.39. The first-order valence-electron chi connectivity index (χ1n) is 5.43. The first-order valence-corrected chi connectivity index (χ1v) is 5.43. The zero-order valence-corrected chi connectivity index (χ0v) is 9.51. The molecule has 86 valence electrons. The standard InChI is InChI=1S/C12H16N2O2/c1-8(2)9(13)7-14-10-5-3-4-6-11(10)16-12(14)15/h3-6,8-9H,7,13H2,1-2H3. The summed E-state index contributed by atoms with van der Waals surface area (Å²) in [6.45, 7) is 4.57. The predicted octanol–water partition coefficient (Wildman–Crippen LogP) is 1.58. The molecule has 0 bridgehead atoms. The minimum Gasteiger partial charge on any atom is -0.408 e. The Balaban J connectivity index is 2.44. The van der Waals surface area contributed by atoms with Gasteiger partial charge in [-0.25, -0.2) is 4.79 Å². The van der Waals surface area contributed by atoms with Crippen molar-refractivity contribution in [3.8, 4) is 0 Å². The van der Waals surface area contributed by atoms with Crippen LogP contribution < -0.4 is 11.5 Å². The Morgan fingerprint density at radius 3 is 2.75 bits per heavy atom. The highest BCUT2D eigenvalue weighted by atomic mass is 16.4. The summed E-state index contributed by atoms with van der Waals surface area (Å²) < 4.78 is 6.73. The number of aromatic nitrogens is 1. The van der Waals surface area contributed by atoms with Crippen LogP contribution in [0.2, 0.25) is 0 Å². The third kappa shape index (κ3) is 1.88. The van der Waals surface area contributed by atoms with Crippen LogP contribution in [-0.4, -0.2) is 10.6 Å². The number of hydrogen-bond acceptors (Lipinski definition) is 3. The van der Waals surface area contributed by atoms with E-state index >= 15 is 0 Å². The Morgan fingerprint density at radius 1 is 1.38 bits per heavy atom. The van der Waals surface area contributed by atoms with Crippen LogP contribution in [0, 0.1) is 5.92 Å². The molecule has 0 saturated heterocycles. The second-order valence-electron chi connectivity index (χ2n) is 4.35. The summed E-state index contributed by atoms with van der Waals surface area (Å²) in [4.78, 5) is 11.6. The maximum atomic E-state index is 11.6. The first kappa shape index (κ1) is 11.0. The smallest absolute Gasteiger partial charge is 0.408 e. The third-order valence-corrected chi connectivity index (χ3v) is 2.82. The summed E-state index contributed by atoms with van der Waals surface area (Å²) in [6.07, 6.45) is 0. The molecule has 1 atom stereocenters. The summed E-state index contributed by atoms with van der Waals surface area (Å²) in [5, 5.41) is 0. The van der Waals surface area contributed by atoms with Crippen molar-refractivity contribution in [3.63, 3.8) is 0 Å². The minimum atomic E-state index is -0.336. The van der Waals surface area contributed by atoms with E-state index in [0.717, 1.165) is 5.52 Å². The first-order chi connectivity index (χ1) is 7.59. The summed E-state index contributed by atoms with van der Waals surface area (Å²) in [5.74, 6) is -0.00198. The molecule has 4 heteroatoms. The number of oxazole rings is 1. The molecule has 0 aliphatic rings. The maximum Gasteiger partial charge on any atom is 0.420 e. The number of nitrogens with zero attached hydrogens (tertiary/aromatic N) is 1. The van der Waals surface area contributed by atoms with Crippen LogP contribution in [0.4, 0.5) is 0 Å². The normalized spacial score (nSPS) is 13.5. The fraction of sp³-hybridized carbons (Fsp3) is 0.417. The minimum absolute atomic E-state index is 0.0429. The lowest BCUT2D eigenvalue weighted by Gasteiger charge is -2.15. The van der Waals surface area contributed by atoms with Crippen LogP contribution in [0.25, 0.3) is 11.1 Å². The molecule has 16 heavy (non-hydrogen) atoms. The van der Waals surface area contributed by atoms with Gasteiger partial charge in [0.05, 0.1) is 5.52 Å². The topological polar surface area (TPSA) is 61.2 Å². The van der Waals surface area contributed by atoms with E-state index in [1.165, 1.54) is 0 Å². The van der Waals surface area contributed by atoms with Gasteiger partial charge in [0.2, 0.25) is 0 Å². The Labute approximate surface area is 93.7 Å². The summed E-state index contributed by atoms with van der Waals surface area (Å²) in [7, 11) is 0. The molecule has 0 amide bonds. The SMILES string of the molecule is CC(C)C(N)Cn1c(=O)oc2ccccc21. The molecule has 0 fully saturated rings. The van der Waals surface area contributed by atoms with Crippen molar-refractivity contribution in [2.75, 3.05) is 0 Å². The molecule has 1 aromatic heterocycles. The van der Waals surface area contributed by atoms with Gasteiger partial charge in [-0.2, -0.15) is 0 Å². The molecule has 1 heterocycles. The quantitative estimate of drug-likeness (QED) is 0.854. The van der Waals surface area contributed by atoms with E-state index in [1.807, 2.05) is 32.0 Å². The van der Waals surface area contributed by atoms with Crippen LogP contribution in [0.15, 0.2) is 33.5 Å². The highest BCUT2D eigenvalue weighted by Gasteiger charge is 2.14. The molecule has 1 aromatic carbocycles. The highest BCUT2D eigenvalue weighted by Crippen LogP contribution is 2.13. The van der Waals surface area contributed by atoms with E-state index in [1.54, 1.807) is 10.6 Å². The van der Waals surface area contributed by atoms with Gasteiger partial charge in [-0.1, -0.05) is 26.0 Å². The zero-order chi connectivity index (χ0) is 11.7. The van der Waals surface area contributed by atoms with Crippen molar-refractivity contribution in [1.29, 1.82) is 0 Å². The maximum absolute atomic E-state index is 11.6. The van der Waals surface area contributed by atoms with Gasteiger partial charge in [0.1, 0.15) is 0 Å². The second kappa shape index (κ2) is 4.14. The lowest BCUT2D eigenvalue weighted by atomic mass is 10.1. The average Bonchev–Trinajstić information content (AvgIpc) is 2.55. The molecule has 2 rings (SSSR count). The number of hydrogen-bond donors (Lipinski definition) is 1. The van der Waals surface area contributed by atoms with E-state index < -0.39 is 0 Å². The van der Waals surface area contributed by atoms with Crippen molar-refractivity contribution < 1.29 is 4.42 Å². The number of benzene rings is 1. The van der Waals surface area contributed by atoms with Crippen molar-refractivity contribution >= 4 is 11.1 Å². The van der Waals surface area contributed by atoms with E-state index in [2.05, 4.69) is 0 Å². The number of fused-ring (bicyclic) bond motifs is 1. The lowest BCUT2D eigenvalue weighted by Crippen LogP contribution is -2.34. The molecule has 0 spiro atoms. The molecule has 1 unspecified atom stereocenters. The second-order valence-corrected chi connectivity index (χ2v) is 4.35. The van der Waals surface area contributed by atoms with Gasteiger partial charge in [-0.15, -0.1) is 0 Å². The Morgan fingerprint density at radius 2 is 2.06 bits per heavy atom. The van der Waals surface area contributed by atoms with E-state index in [4.69, 9.17) is 10.2 Å². The van der Waals surface area contributed by atoms with Crippen molar-refractivity contribution in [3.05, 3.63) is 34.8 Å². The highest BCUT2D eigenvalue weighted by molar-refractivity contribution is 5.72. The van der Waals surface area contributed by atoms with Gasteiger partial charge in [0.15, 0.2) is 5.58 Å². The van der Waals surface area contributed by atoms with Gasteiger partial charge >= 0.3 is 5.76 Å². The van der Waals surface area contributed by atoms with Crippen molar-refractivity contribution in [2.24, 2.45) is 11.7 Å². The molecule has 4 nitrogen and oxygen atoms in total. The zero-order valence-electron chi connectivity index (χ0n) is 9.51. The summed E-state index contributed by atoms with van der Waals surface area (Å²) in [6, 6.07) is 7.34. The van der Waals surface area contributed by atoms with Gasteiger partial charge in [-0.3, -0.25) is 4.57 Å². The van der Waals surface area contributed by atoms with Gasteiger partial charge in [0, 0.05) is 12.6 Å². The number of rotatable bonds is 3. The van der Waals surface area contributed by atoms with E-state index in [9.17, 15) is 4.79 Å². The van der Waals surface area contributed by atoms with Crippen LogP contribution in [0.1, 0.15) is 13.8 Å². The summed E-state index contributed by atoms with van der Waals surface area (Å²) >= 11 is 0. The lowest BCUT2D eigenvalue weighted by molar-refractivity contribution is 0.411. The average molecular weight is 220 g/mol. The van der Waals surface area contributed by atoms with Gasteiger partial charge in [-0.05, 0) is 18.1 Å². The fourth-order valence-corrected chi connectivity index (χ4v) is 1.61. The molecular weight excluding hydrogens is 204 g/mol. The Bertz CT molecular complexity index is 539. The molecular formula is C12H16N2O2.